The number of rotatable bonds is 2. The van der Waals surface area contributed by atoms with E-state index in [-0.39, 0.29) is 5.82 Å². The monoisotopic (exact) mass is 256 g/mol. The largest absolute Gasteiger partial charge is 0.495 e. The normalized spacial score (nSPS) is 9.07. The van der Waals surface area contributed by atoms with Crippen molar-refractivity contribution in [3.8, 4) is 17.6 Å². The van der Waals surface area contributed by atoms with Crippen molar-refractivity contribution in [3.05, 3.63) is 29.6 Å². The Bertz CT molecular complexity index is 365. The first-order valence-corrected chi connectivity index (χ1v) is 5.28. The summed E-state index contributed by atoms with van der Waals surface area (Å²) in [6.45, 7) is 0. The van der Waals surface area contributed by atoms with Gasteiger partial charge in [-0.05, 0) is 12.1 Å². The van der Waals surface area contributed by atoms with Crippen molar-refractivity contribution >= 4 is 15.9 Å². The van der Waals surface area contributed by atoms with E-state index in [1.807, 2.05) is 0 Å². The highest BCUT2D eigenvalue weighted by atomic mass is 79.9. The van der Waals surface area contributed by atoms with Gasteiger partial charge in [-0.3, -0.25) is 0 Å². The number of alkyl halides is 1. The molecule has 0 aromatic heterocycles. The van der Waals surface area contributed by atoms with Gasteiger partial charge in [-0.15, -0.1) is 0 Å². The van der Waals surface area contributed by atoms with E-state index in [1.165, 1.54) is 19.2 Å². The van der Waals surface area contributed by atoms with Gasteiger partial charge in [0, 0.05) is 17.8 Å². The lowest BCUT2D eigenvalue weighted by Gasteiger charge is -2.01. The molecule has 0 fully saturated rings. The van der Waals surface area contributed by atoms with Crippen LogP contribution in [0.2, 0.25) is 0 Å². The van der Waals surface area contributed by atoms with Crippen LogP contribution in [0.3, 0.4) is 0 Å². The van der Waals surface area contributed by atoms with Crippen LogP contribution in [0.1, 0.15) is 12.0 Å². The van der Waals surface area contributed by atoms with Gasteiger partial charge in [-0.1, -0.05) is 27.8 Å². The van der Waals surface area contributed by atoms with Crippen LogP contribution in [-0.2, 0) is 0 Å². The van der Waals surface area contributed by atoms with Gasteiger partial charge in [0.05, 0.1) is 12.7 Å². The predicted molar refractivity (Wildman–Crippen MR) is 58.2 cm³/mol. The average Bonchev–Trinajstić information content (AvgIpc) is 2.20. The molecule has 0 saturated carbocycles. The number of hydrogen-bond donors (Lipinski definition) is 0. The molecule has 14 heavy (non-hydrogen) atoms. The minimum atomic E-state index is -0.312. The molecule has 0 atom stereocenters. The molecule has 0 aliphatic rings. The fourth-order valence-electron chi connectivity index (χ4n) is 0.973. The first-order chi connectivity index (χ1) is 6.77. The zero-order chi connectivity index (χ0) is 10.4. The first kappa shape index (κ1) is 11.1. The molecular weight excluding hydrogens is 247 g/mol. The van der Waals surface area contributed by atoms with Gasteiger partial charge in [0.25, 0.3) is 0 Å². The second kappa shape index (κ2) is 5.66. The Morgan fingerprint density at radius 1 is 1.50 bits per heavy atom. The summed E-state index contributed by atoms with van der Waals surface area (Å²) >= 11 is 3.28. The van der Waals surface area contributed by atoms with Gasteiger partial charge < -0.3 is 4.74 Å². The maximum Gasteiger partial charge on any atom is 0.137 e. The van der Waals surface area contributed by atoms with E-state index in [1.54, 1.807) is 6.07 Å². The lowest BCUT2D eigenvalue weighted by molar-refractivity contribution is 0.410. The fraction of sp³-hybridized carbons (Fsp3) is 0.273. The van der Waals surface area contributed by atoms with E-state index < -0.39 is 0 Å². The van der Waals surface area contributed by atoms with Crippen molar-refractivity contribution in [1.29, 1.82) is 0 Å². The highest BCUT2D eigenvalue weighted by Crippen LogP contribution is 2.18. The molecule has 1 nitrogen and oxygen atoms in total. The number of halogens is 2. The van der Waals surface area contributed by atoms with Crippen molar-refractivity contribution in [2.75, 3.05) is 12.4 Å². The van der Waals surface area contributed by atoms with Crippen molar-refractivity contribution in [2.24, 2.45) is 0 Å². The smallest absolute Gasteiger partial charge is 0.137 e. The lowest BCUT2D eigenvalue weighted by atomic mass is 10.2. The SMILES string of the molecule is COc1cc(F)ccc1C#CCCBr. The molecule has 0 spiro atoms. The molecule has 1 aromatic carbocycles. The highest BCUT2D eigenvalue weighted by Gasteiger charge is 2.00. The Hall–Kier alpha value is -1.01. The van der Waals surface area contributed by atoms with Gasteiger partial charge in [0.15, 0.2) is 0 Å². The van der Waals surface area contributed by atoms with Crippen molar-refractivity contribution in [1.82, 2.24) is 0 Å². The second-order valence-electron chi connectivity index (χ2n) is 2.59. The maximum absolute atomic E-state index is 12.8. The van der Waals surface area contributed by atoms with Crippen molar-refractivity contribution in [2.45, 2.75) is 6.42 Å². The molecule has 0 saturated heterocycles. The number of hydrogen-bond acceptors (Lipinski definition) is 1. The summed E-state index contributed by atoms with van der Waals surface area (Å²) in [4.78, 5) is 0. The summed E-state index contributed by atoms with van der Waals surface area (Å²) < 4.78 is 17.8. The molecule has 0 aliphatic heterocycles. The fourth-order valence-corrected chi connectivity index (χ4v) is 1.17. The van der Waals surface area contributed by atoms with Crippen molar-refractivity contribution in [3.63, 3.8) is 0 Å². The van der Waals surface area contributed by atoms with Crippen LogP contribution in [0, 0.1) is 17.7 Å². The molecule has 0 radical (unpaired) electrons. The molecule has 0 heterocycles. The molecule has 0 unspecified atom stereocenters. The summed E-state index contributed by atoms with van der Waals surface area (Å²) in [6, 6.07) is 4.33. The summed E-state index contributed by atoms with van der Waals surface area (Å²) in [5.41, 5.74) is 0.717. The van der Waals surface area contributed by atoms with E-state index in [0.717, 1.165) is 17.3 Å². The third-order valence-corrected chi connectivity index (χ3v) is 2.00. The van der Waals surface area contributed by atoms with E-state index >= 15 is 0 Å². The zero-order valence-electron chi connectivity index (χ0n) is 7.81. The molecule has 1 rings (SSSR count). The highest BCUT2D eigenvalue weighted by molar-refractivity contribution is 9.09. The Kier molecular flexibility index (Phi) is 4.48. The molecule has 0 amide bonds. The van der Waals surface area contributed by atoms with Crippen LogP contribution in [-0.4, -0.2) is 12.4 Å². The molecule has 74 valence electrons. The van der Waals surface area contributed by atoms with Crippen LogP contribution < -0.4 is 4.74 Å². The van der Waals surface area contributed by atoms with Gasteiger partial charge >= 0.3 is 0 Å². The van der Waals surface area contributed by atoms with Crippen LogP contribution in [0.4, 0.5) is 4.39 Å². The summed E-state index contributed by atoms with van der Waals surface area (Å²) in [5.74, 6) is 6.03. The van der Waals surface area contributed by atoms with Gasteiger partial charge in [0.2, 0.25) is 0 Å². The minimum Gasteiger partial charge on any atom is -0.495 e. The zero-order valence-corrected chi connectivity index (χ0v) is 9.40. The molecule has 0 N–H and O–H groups in total. The maximum atomic E-state index is 12.8. The standard InChI is InChI=1S/C11H10BrFO/c1-14-11-8-10(13)6-5-9(11)4-2-3-7-12/h5-6,8H,3,7H2,1H3. The molecule has 0 bridgehead atoms. The van der Waals surface area contributed by atoms with E-state index in [9.17, 15) is 4.39 Å². The third-order valence-electron chi connectivity index (χ3n) is 1.61. The summed E-state index contributed by atoms with van der Waals surface area (Å²) in [5, 5.41) is 0.837. The van der Waals surface area contributed by atoms with Crippen molar-refractivity contribution < 1.29 is 9.13 Å². The molecule has 0 aliphatic carbocycles. The predicted octanol–water partition coefficient (Wildman–Crippen LogP) is 2.97. The van der Waals surface area contributed by atoms with Crippen LogP contribution >= 0.6 is 15.9 Å². The minimum absolute atomic E-state index is 0.312. The van der Waals surface area contributed by atoms with E-state index in [2.05, 4.69) is 27.8 Å². The average molecular weight is 257 g/mol. The van der Waals surface area contributed by atoms with Gasteiger partial charge in [-0.2, -0.15) is 0 Å². The number of ether oxygens (including phenoxy) is 1. The van der Waals surface area contributed by atoms with Gasteiger partial charge in [0.1, 0.15) is 11.6 Å². The van der Waals surface area contributed by atoms with E-state index in [4.69, 9.17) is 4.74 Å². The van der Waals surface area contributed by atoms with E-state index in [0.29, 0.717) is 5.75 Å². The quantitative estimate of drug-likeness (QED) is 0.584. The number of methoxy groups -OCH3 is 1. The van der Waals surface area contributed by atoms with Crippen LogP contribution in [0.25, 0.3) is 0 Å². The lowest BCUT2D eigenvalue weighted by Crippen LogP contribution is -1.88. The number of benzene rings is 1. The van der Waals surface area contributed by atoms with Gasteiger partial charge in [-0.25, -0.2) is 4.39 Å². The summed E-state index contributed by atoms with van der Waals surface area (Å²) in [7, 11) is 1.50. The Labute approximate surface area is 91.4 Å². The van der Waals surface area contributed by atoms with Crippen LogP contribution in [0.15, 0.2) is 18.2 Å². The molecular formula is C11H10BrFO. The second-order valence-corrected chi connectivity index (χ2v) is 3.38. The topological polar surface area (TPSA) is 9.23 Å². The first-order valence-electron chi connectivity index (χ1n) is 4.16. The Morgan fingerprint density at radius 3 is 2.93 bits per heavy atom. The summed E-state index contributed by atoms with van der Waals surface area (Å²) in [6.07, 6.45) is 0.764. The molecule has 1 aromatic rings. The Morgan fingerprint density at radius 2 is 2.29 bits per heavy atom. The van der Waals surface area contributed by atoms with Crippen LogP contribution in [0.5, 0.6) is 5.75 Å². The third kappa shape index (κ3) is 3.04. The molecule has 3 heteroatoms. The Balaban J connectivity index is 2.92.